The predicted molar refractivity (Wildman–Crippen MR) is 94.9 cm³/mol. The van der Waals surface area contributed by atoms with Gasteiger partial charge in [0.25, 0.3) is 5.91 Å². The molecule has 0 bridgehead atoms. The van der Waals surface area contributed by atoms with Gasteiger partial charge in [0.1, 0.15) is 0 Å². The van der Waals surface area contributed by atoms with E-state index in [4.69, 9.17) is 0 Å². The van der Waals surface area contributed by atoms with E-state index in [9.17, 15) is 9.59 Å². The average molecular weight is 322 g/mol. The largest absolute Gasteiger partial charge is 0.345 e. The Balaban J connectivity index is 1.76. The van der Waals surface area contributed by atoms with Crippen molar-refractivity contribution >= 4 is 17.5 Å². The van der Waals surface area contributed by atoms with Crippen molar-refractivity contribution in [2.24, 2.45) is 5.92 Å². The fourth-order valence-corrected chi connectivity index (χ4v) is 2.84. The van der Waals surface area contributed by atoms with Crippen LogP contribution in [-0.4, -0.2) is 11.8 Å². The maximum Gasteiger partial charge on any atom is 0.251 e. The number of amides is 2. The molecule has 4 heteroatoms. The molecule has 24 heavy (non-hydrogen) atoms. The summed E-state index contributed by atoms with van der Waals surface area (Å²) in [5, 5.41) is 5.87. The molecule has 1 aliphatic carbocycles. The Hall–Kier alpha value is -2.62. The first kappa shape index (κ1) is 16.2. The van der Waals surface area contributed by atoms with Gasteiger partial charge < -0.3 is 10.6 Å². The molecular weight excluding hydrogens is 300 g/mol. The van der Waals surface area contributed by atoms with Crippen LogP contribution in [0.4, 0.5) is 5.69 Å². The van der Waals surface area contributed by atoms with E-state index in [2.05, 4.69) is 41.8 Å². The lowest BCUT2D eigenvalue weighted by Crippen LogP contribution is -2.30. The predicted octanol–water partition coefficient (Wildman–Crippen LogP) is 3.83. The minimum absolute atomic E-state index is 0.0440. The van der Waals surface area contributed by atoms with Gasteiger partial charge in [0.05, 0.1) is 6.04 Å². The molecule has 0 radical (unpaired) electrons. The first-order valence-corrected chi connectivity index (χ1v) is 8.28. The van der Waals surface area contributed by atoms with Crippen molar-refractivity contribution < 1.29 is 9.59 Å². The third-order valence-electron chi connectivity index (χ3n) is 4.26. The Kier molecular flexibility index (Phi) is 4.65. The molecule has 0 aliphatic heterocycles. The molecule has 4 nitrogen and oxygen atoms in total. The molecule has 124 valence electrons. The summed E-state index contributed by atoms with van der Waals surface area (Å²) in [5.74, 6) is 0.248. The highest BCUT2D eigenvalue weighted by atomic mass is 16.2. The van der Waals surface area contributed by atoms with E-state index in [-0.39, 0.29) is 17.9 Å². The van der Waals surface area contributed by atoms with Crippen LogP contribution in [0, 0.1) is 12.8 Å². The van der Waals surface area contributed by atoms with Crippen LogP contribution in [-0.2, 0) is 4.79 Å². The zero-order valence-electron chi connectivity index (χ0n) is 14.0. The van der Waals surface area contributed by atoms with Crippen molar-refractivity contribution in [2.75, 3.05) is 5.32 Å². The van der Waals surface area contributed by atoms with E-state index in [0.717, 1.165) is 18.4 Å². The molecule has 1 fully saturated rings. The van der Waals surface area contributed by atoms with E-state index in [1.54, 1.807) is 24.3 Å². The minimum Gasteiger partial charge on any atom is -0.345 e. The highest BCUT2D eigenvalue weighted by Gasteiger charge is 2.33. The van der Waals surface area contributed by atoms with Gasteiger partial charge in [-0.15, -0.1) is 0 Å². The molecule has 3 rings (SSSR count). The second-order valence-corrected chi connectivity index (χ2v) is 6.46. The van der Waals surface area contributed by atoms with Crippen LogP contribution in [0.1, 0.15) is 47.3 Å². The molecule has 1 saturated carbocycles. The highest BCUT2D eigenvalue weighted by Crippen LogP contribution is 2.41. The first-order valence-electron chi connectivity index (χ1n) is 8.28. The number of carbonyl (C=O) groups is 2. The Morgan fingerprint density at radius 1 is 1.08 bits per heavy atom. The topological polar surface area (TPSA) is 58.2 Å². The van der Waals surface area contributed by atoms with Crippen molar-refractivity contribution in [1.82, 2.24) is 5.32 Å². The number of rotatable bonds is 5. The van der Waals surface area contributed by atoms with E-state index in [1.165, 1.54) is 12.5 Å². The second kappa shape index (κ2) is 6.87. The van der Waals surface area contributed by atoms with Crippen LogP contribution in [0.15, 0.2) is 48.5 Å². The summed E-state index contributed by atoms with van der Waals surface area (Å²) in [6.07, 6.45) is 2.29. The number of carbonyl (C=O) groups excluding carboxylic acids is 2. The summed E-state index contributed by atoms with van der Waals surface area (Å²) >= 11 is 0. The maximum atomic E-state index is 12.6. The molecule has 0 heterocycles. The molecule has 0 saturated heterocycles. The fraction of sp³-hybridized carbons (Fsp3) is 0.300. The number of anilines is 1. The lowest BCUT2D eigenvalue weighted by Gasteiger charge is -2.19. The number of aryl methyl sites for hydroxylation is 1. The van der Waals surface area contributed by atoms with Crippen LogP contribution in [0.3, 0.4) is 0 Å². The Morgan fingerprint density at radius 2 is 1.79 bits per heavy atom. The summed E-state index contributed by atoms with van der Waals surface area (Å²) in [6, 6.07) is 15.4. The van der Waals surface area contributed by atoms with Crippen molar-refractivity contribution in [3.63, 3.8) is 0 Å². The van der Waals surface area contributed by atoms with E-state index >= 15 is 0 Å². The third kappa shape index (κ3) is 4.02. The van der Waals surface area contributed by atoms with Gasteiger partial charge in [0.2, 0.25) is 5.91 Å². The van der Waals surface area contributed by atoms with Gasteiger partial charge in [-0.2, -0.15) is 0 Å². The molecule has 1 atom stereocenters. The standard InChI is InChI=1S/C20H22N2O2/c1-13-6-8-15(9-7-13)19(16-10-11-16)22-20(24)17-4-3-5-18(12-17)21-14(2)23/h3-9,12,16,19H,10-11H2,1-2H3,(H,21,23)(H,22,24). The van der Waals surface area contributed by atoms with Crippen molar-refractivity contribution in [1.29, 1.82) is 0 Å². The maximum absolute atomic E-state index is 12.6. The van der Waals surface area contributed by atoms with Gasteiger partial charge in [-0.05, 0) is 49.4 Å². The fourth-order valence-electron chi connectivity index (χ4n) is 2.84. The highest BCUT2D eigenvalue weighted by molar-refractivity contribution is 5.97. The van der Waals surface area contributed by atoms with Crippen molar-refractivity contribution in [3.05, 3.63) is 65.2 Å². The lowest BCUT2D eigenvalue weighted by molar-refractivity contribution is -0.114. The van der Waals surface area contributed by atoms with Crippen LogP contribution in [0.2, 0.25) is 0 Å². The summed E-state index contributed by atoms with van der Waals surface area (Å²) < 4.78 is 0. The quantitative estimate of drug-likeness (QED) is 0.879. The van der Waals surface area contributed by atoms with Crippen LogP contribution < -0.4 is 10.6 Å². The first-order chi connectivity index (χ1) is 11.5. The summed E-state index contributed by atoms with van der Waals surface area (Å²) in [5.41, 5.74) is 3.55. The third-order valence-corrected chi connectivity index (χ3v) is 4.26. The Labute approximate surface area is 142 Å². The van der Waals surface area contributed by atoms with Gasteiger partial charge >= 0.3 is 0 Å². The van der Waals surface area contributed by atoms with Crippen LogP contribution >= 0.6 is 0 Å². The van der Waals surface area contributed by atoms with Gasteiger partial charge in [-0.1, -0.05) is 35.9 Å². The molecular formula is C20H22N2O2. The molecule has 2 N–H and O–H groups in total. The van der Waals surface area contributed by atoms with Gasteiger partial charge in [0, 0.05) is 18.2 Å². The zero-order chi connectivity index (χ0) is 17.1. The summed E-state index contributed by atoms with van der Waals surface area (Å²) in [7, 11) is 0. The molecule has 1 unspecified atom stereocenters. The molecule has 0 aromatic heterocycles. The van der Waals surface area contributed by atoms with Crippen LogP contribution in [0.25, 0.3) is 0 Å². The SMILES string of the molecule is CC(=O)Nc1cccc(C(=O)NC(c2ccc(C)cc2)C2CC2)c1. The molecule has 2 amide bonds. The van der Waals surface area contributed by atoms with Gasteiger partial charge in [0.15, 0.2) is 0 Å². The second-order valence-electron chi connectivity index (χ2n) is 6.46. The monoisotopic (exact) mass is 322 g/mol. The van der Waals surface area contributed by atoms with E-state index in [0.29, 0.717) is 17.2 Å². The Bertz CT molecular complexity index is 748. The summed E-state index contributed by atoms with van der Waals surface area (Å²) in [6.45, 7) is 3.51. The molecule has 1 aliphatic rings. The molecule has 2 aromatic carbocycles. The minimum atomic E-state index is -0.150. The molecule has 0 spiro atoms. The number of hydrogen-bond acceptors (Lipinski definition) is 2. The van der Waals surface area contributed by atoms with Gasteiger partial charge in [-0.3, -0.25) is 9.59 Å². The molecule has 2 aromatic rings. The van der Waals surface area contributed by atoms with Gasteiger partial charge in [-0.25, -0.2) is 0 Å². The normalized spacial score (nSPS) is 14.8. The number of nitrogens with one attached hydrogen (secondary N) is 2. The van der Waals surface area contributed by atoms with Crippen molar-refractivity contribution in [2.45, 2.75) is 32.7 Å². The van der Waals surface area contributed by atoms with E-state index in [1.807, 2.05) is 0 Å². The Morgan fingerprint density at radius 3 is 2.42 bits per heavy atom. The number of hydrogen-bond donors (Lipinski definition) is 2. The zero-order valence-corrected chi connectivity index (χ0v) is 14.0. The summed E-state index contributed by atoms with van der Waals surface area (Å²) in [4.78, 5) is 23.8. The number of benzene rings is 2. The average Bonchev–Trinajstić information content (AvgIpc) is 3.38. The lowest BCUT2D eigenvalue weighted by atomic mass is 10.0. The van der Waals surface area contributed by atoms with Crippen LogP contribution in [0.5, 0.6) is 0 Å². The smallest absolute Gasteiger partial charge is 0.251 e. The van der Waals surface area contributed by atoms with E-state index < -0.39 is 0 Å². The van der Waals surface area contributed by atoms with Crippen molar-refractivity contribution in [3.8, 4) is 0 Å².